The number of rotatable bonds is 6. The molecule has 0 radical (unpaired) electrons. The van der Waals surface area contributed by atoms with Crippen molar-refractivity contribution in [1.29, 1.82) is 0 Å². The molecule has 0 aromatic rings. The molecular formula is C26H43NO7. The number of fused-ring (bicyclic) bond motifs is 3. The van der Waals surface area contributed by atoms with E-state index in [9.17, 15) is 24.9 Å². The van der Waals surface area contributed by atoms with Gasteiger partial charge in [-0.25, -0.2) is 0 Å². The predicted molar refractivity (Wildman–Crippen MR) is 127 cm³/mol. The van der Waals surface area contributed by atoms with E-state index in [0.717, 1.165) is 0 Å². The summed E-state index contributed by atoms with van der Waals surface area (Å²) in [4.78, 5) is 28.7. The van der Waals surface area contributed by atoms with Gasteiger partial charge in [0.15, 0.2) is 11.4 Å². The molecule has 0 aromatic heterocycles. The van der Waals surface area contributed by atoms with Gasteiger partial charge in [-0.3, -0.25) is 14.5 Å². The van der Waals surface area contributed by atoms with Gasteiger partial charge in [-0.2, -0.15) is 0 Å². The molecule has 1 heterocycles. The van der Waals surface area contributed by atoms with Crippen LogP contribution in [0.2, 0.25) is 0 Å². The molecule has 0 bridgehead atoms. The Balaban J connectivity index is 2.15. The average Bonchev–Trinajstić information content (AvgIpc) is 2.75. The van der Waals surface area contributed by atoms with Gasteiger partial charge < -0.3 is 24.8 Å². The Labute approximate surface area is 203 Å². The van der Waals surface area contributed by atoms with Crippen LogP contribution in [0.25, 0.3) is 0 Å². The van der Waals surface area contributed by atoms with E-state index in [-0.39, 0.29) is 13.0 Å². The first kappa shape index (κ1) is 27.3. The summed E-state index contributed by atoms with van der Waals surface area (Å²) >= 11 is 0. The Morgan fingerprint density at radius 2 is 1.79 bits per heavy atom. The molecule has 8 heteroatoms. The van der Waals surface area contributed by atoms with E-state index >= 15 is 0 Å². The molecule has 0 unspecified atom stereocenters. The van der Waals surface area contributed by atoms with Crippen LogP contribution in [0.5, 0.6) is 0 Å². The summed E-state index contributed by atoms with van der Waals surface area (Å²) in [6.07, 6.45) is -1.35. The number of ketones is 1. The summed E-state index contributed by atoms with van der Waals surface area (Å²) in [7, 11) is 0. The fraction of sp³-hybridized carbons (Fsp3) is 0.846. The van der Waals surface area contributed by atoms with Crippen LogP contribution in [-0.2, 0) is 19.1 Å². The van der Waals surface area contributed by atoms with Crippen molar-refractivity contribution in [3.05, 3.63) is 12.7 Å². The Kier molecular flexibility index (Phi) is 6.95. The van der Waals surface area contributed by atoms with E-state index < -0.39 is 63.6 Å². The molecule has 8 nitrogen and oxygen atoms in total. The quantitative estimate of drug-likeness (QED) is 0.389. The normalized spacial score (nSPS) is 45.9. The first-order chi connectivity index (χ1) is 15.6. The van der Waals surface area contributed by atoms with Crippen molar-refractivity contribution in [3.63, 3.8) is 0 Å². The van der Waals surface area contributed by atoms with Gasteiger partial charge in [0.25, 0.3) is 0 Å². The number of Topliss-reactive ketones (excluding diaryl/α,β-unsaturated/α-hetero) is 1. The minimum Gasteiger partial charge on any atom is -0.461 e. The van der Waals surface area contributed by atoms with Crippen molar-refractivity contribution in [1.82, 2.24) is 4.90 Å². The first-order valence-electron chi connectivity index (χ1n) is 12.4. The van der Waals surface area contributed by atoms with Crippen molar-refractivity contribution < 1.29 is 34.4 Å². The fourth-order valence-electron chi connectivity index (χ4n) is 7.30. The molecule has 0 spiro atoms. The van der Waals surface area contributed by atoms with Crippen LogP contribution >= 0.6 is 0 Å². The Bertz CT molecular complexity index is 841. The smallest absolute Gasteiger partial charge is 0.320 e. The summed E-state index contributed by atoms with van der Waals surface area (Å²) < 4.78 is 12.3. The summed E-state index contributed by atoms with van der Waals surface area (Å²) in [5.41, 5.74) is -7.12. The van der Waals surface area contributed by atoms with E-state index in [0.29, 0.717) is 25.9 Å². The van der Waals surface area contributed by atoms with Crippen LogP contribution in [0.3, 0.4) is 0 Å². The maximum Gasteiger partial charge on any atom is 0.320 e. The third-order valence-corrected chi connectivity index (χ3v) is 9.25. The zero-order valence-electron chi connectivity index (χ0n) is 21.8. The molecule has 2 saturated carbocycles. The maximum atomic E-state index is 13.8. The Morgan fingerprint density at radius 1 is 1.21 bits per heavy atom. The molecule has 3 rings (SSSR count). The lowest BCUT2D eigenvalue weighted by atomic mass is 9.40. The number of carbonyl (C=O) groups is 2. The van der Waals surface area contributed by atoms with Gasteiger partial charge in [0.1, 0.15) is 17.8 Å². The van der Waals surface area contributed by atoms with E-state index in [2.05, 4.69) is 6.58 Å². The lowest BCUT2D eigenvalue weighted by molar-refractivity contribution is -0.370. The highest BCUT2D eigenvalue weighted by atomic mass is 16.6. The second-order valence-corrected chi connectivity index (χ2v) is 11.7. The summed E-state index contributed by atoms with van der Waals surface area (Å²) in [6.45, 7) is 17.9. The number of ether oxygens (including phenoxy) is 2. The van der Waals surface area contributed by atoms with Crippen molar-refractivity contribution in [2.24, 2.45) is 16.7 Å². The molecule has 1 aliphatic heterocycles. The number of carbonyl (C=O) groups excluding carboxylic acids is 2. The van der Waals surface area contributed by atoms with Crippen molar-refractivity contribution in [2.75, 3.05) is 19.6 Å². The molecule has 3 aliphatic rings. The summed E-state index contributed by atoms with van der Waals surface area (Å²) in [6, 6.07) is 0. The van der Waals surface area contributed by atoms with E-state index in [1.807, 2.05) is 32.6 Å². The molecule has 34 heavy (non-hydrogen) atoms. The molecule has 0 amide bonds. The lowest BCUT2D eigenvalue weighted by Gasteiger charge is -2.71. The topological polar surface area (TPSA) is 117 Å². The largest absolute Gasteiger partial charge is 0.461 e. The highest BCUT2D eigenvalue weighted by molar-refractivity contribution is 5.92. The van der Waals surface area contributed by atoms with E-state index in [1.54, 1.807) is 13.8 Å². The highest BCUT2D eigenvalue weighted by Gasteiger charge is 2.81. The zero-order chi connectivity index (χ0) is 25.9. The van der Waals surface area contributed by atoms with Gasteiger partial charge in [0.05, 0.1) is 18.2 Å². The van der Waals surface area contributed by atoms with Gasteiger partial charge in [0.2, 0.25) is 0 Å². The Morgan fingerprint density at radius 3 is 2.32 bits per heavy atom. The fourth-order valence-corrected chi connectivity index (χ4v) is 7.30. The number of aliphatic hydroxyl groups excluding tert-OH is 2. The third-order valence-electron chi connectivity index (χ3n) is 9.25. The molecular weight excluding hydrogens is 438 g/mol. The molecule has 3 fully saturated rings. The Hall–Kier alpha value is -1.32. The second kappa shape index (κ2) is 8.66. The van der Waals surface area contributed by atoms with Crippen LogP contribution in [0.4, 0.5) is 0 Å². The van der Waals surface area contributed by atoms with Gasteiger partial charge in [-0.15, -0.1) is 6.58 Å². The van der Waals surface area contributed by atoms with Crippen LogP contribution in [0.1, 0.15) is 67.7 Å². The number of aliphatic hydroxyl groups is 3. The minimum absolute atomic E-state index is 0.0908. The molecule has 3 N–H and O–H groups in total. The van der Waals surface area contributed by atoms with Crippen molar-refractivity contribution >= 4 is 11.8 Å². The van der Waals surface area contributed by atoms with Gasteiger partial charge in [-0.1, -0.05) is 40.7 Å². The van der Waals surface area contributed by atoms with E-state index in [1.165, 1.54) is 13.0 Å². The van der Waals surface area contributed by atoms with E-state index in [4.69, 9.17) is 9.47 Å². The van der Waals surface area contributed by atoms with Crippen LogP contribution in [-0.4, -0.2) is 86.7 Å². The third kappa shape index (κ3) is 3.60. The van der Waals surface area contributed by atoms with Crippen molar-refractivity contribution in [2.45, 2.75) is 103 Å². The first-order valence-corrected chi connectivity index (χ1v) is 12.4. The highest BCUT2D eigenvalue weighted by Crippen LogP contribution is 2.67. The van der Waals surface area contributed by atoms with Gasteiger partial charge in [-0.05, 0) is 45.2 Å². The molecule has 194 valence electrons. The molecule has 2 aliphatic carbocycles. The number of esters is 1. The standard InChI is InChI=1S/C26H43NO7/c1-9-23(6)14-16(28)26(32)24(7)17(33-18(29)15-27(10-2)11-3)12-13-22(4,5)20(24)19(30)21(31)25(26,8)34-23/h9,17,19-21,30-32H,1,10-15H2,2-8H3/t17-,19-,20-,21-,23-,24-,25+,26-/m0/s1. The second-order valence-electron chi connectivity index (χ2n) is 11.7. The molecule has 8 atom stereocenters. The number of nitrogens with zero attached hydrogens (tertiary/aromatic N) is 1. The van der Waals surface area contributed by atoms with Gasteiger partial charge in [0, 0.05) is 17.8 Å². The summed E-state index contributed by atoms with van der Waals surface area (Å²) in [5, 5.41) is 35.2. The average molecular weight is 482 g/mol. The van der Waals surface area contributed by atoms with Crippen LogP contribution < -0.4 is 0 Å². The maximum absolute atomic E-state index is 13.8. The number of likely N-dealkylation sites (N-methyl/N-ethyl adjacent to an activating group) is 1. The zero-order valence-corrected chi connectivity index (χ0v) is 21.8. The molecule has 1 saturated heterocycles. The number of hydrogen-bond donors (Lipinski definition) is 3. The van der Waals surface area contributed by atoms with Crippen LogP contribution in [0.15, 0.2) is 12.7 Å². The predicted octanol–water partition coefficient (Wildman–Crippen LogP) is 1.84. The minimum atomic E-state index is -2.20. The van der Waals surface area contributed by atoms with Gasteiger partial charge >= 0.3 is 5.97 Å². The number of hydrogen-bond acceptors (Lipinski definition) is 8. The van der Waals surface area contributed by atoms with Crippen LogP contribution in [0, 0.1) is 16.7 Å². The lowest BCUT2D eigenvalue weighted by Crippen LogP contribution is -2.86. The SMILES string of the molecule is C=C[C@@]1(C)CC(=O)[C@]2(O)[C@@]3(C)[C@@H](OC(=O)CN(CC)CC)CCC(C)(C)[C@@H]3[C@H](O)[C@H](O)[C@@]2(C)O1. The summed E-state index contributed by atoms with van der Waals surface area (Å²) in [5.74, 6) is -1.68. The van der Waals surface area contributed by atoms with Crippen molar-refractivity contribution in [3.8, 4) is 0 Å². The molecule has 0 aromatic carbocycles. The monoisotopic (exact) mass is 481 g/mol.